The van der Waals surface area contributed by atoms with Crippen LogP contribution in [0.2, 0.25) is 0 Å². The predicted octanol–water partition coefficient (Wildman–Crippen LogP) is 7.40. The highest BCUT2D eigenvalue weighted by Gasteiger charge is 2.42. The molecule has 0 unspecified atom stereocenters. The lowest BCUT2D eigenvalue weighted by Crippen LogP contribution is -2.58. The lowest BCUT2D eigenvalue weighted by molar-refractivity contribution is -0.193. The number of thiazole rings is 1. The lowest BCUT2D eigenvalue weighted by Gasteiger charge is -2.47. The Morgan fingerprint density at radius 1 is 0.946 bits per heavy atom. The van der Waals surface area contributed by atoms with E-state index in [1.807, 2.05) is 27.3 Å². The topological polar surface area (TPSA) is 220 Å². The van der Waals surface area contributed by atoms with Gasteiger partial charge in [-0.25, -0.2) is 19.0 Å². The van der Waals surface area contributed by atoms with Crippen molar-refractivity contribution in [1.29, 1.82) is 0 Å². The number of halogens is 7. The quantitative estimate of drug-likeness (QED) is 0.0423. The standard InChI is InChI=1S/C45H63FN6O7S.2C2HF3O2/c1-5-6-8-32(4)52(22-19-47-18-13-34-11-12-37(53)41-42(34)58-28-38(54)49-41)39(55)15-25-57-24-14-33-9-7-10-35(40(33)46)27-50-20-16-45(17-21-50)30-51(23-26-59-45)44(56)36-29-60-43(48-36)31(2)3;2*3-2(4,5)1(6)7/h7,9-12,29,31-32,47,53H,5-6,8,13-28,30H2,1-4H3,(H,49,54);2*(H,6,7)/t32-;;/m1../s1. The number of amides is 3. The van der Waals surface area contributed by atoms with Crippen LogP contribution in [0.5, 0.6) is 11.5 Å². The number of fused-ring (bicyclic) bond motifs is 1. The molecule has 412 valence electrons. The zero-order valence-corrected chi connectivity index (χ0v) is 42.5. The molecule has 17 nitrogen and oxygen atoms in total. The number of phenols is 1. The summed E-state index contributed by atoms with van der Waals surface area (Å²) in [6.07, 6.45) is -4.34. The molecule has 1 atom stereocenters. The molecule has 3 amide bonds. The molecule has 0 bridgehead atoms. The van der Waals surface area contributed by atoms with Crippen molar-refractivity contribution in [3.63, 3.8) is 0 Å². The molecule has 25 heteroatoms. The maximum atomic E-state index is 15.8. The molecular formula is C49H65F7N6O11S. The van der Waals surface area contributed by atoms with E-state index >= 15 is 4.39 Å². The number of hydrogen-bond acceptors (Lipinski definition) is 13. The van der Waals surface area contributed by atoms with Crippen molar-refractivity contribution in [2.45, 2.75) is 116 Å². The molecule has 2 fully saturated rings. The molecule has 3 aromatic rings. The molecule has 0 aliphatic carbocycles. The number of nitrogens with one attached hydrogen (secondary N) is 2. The lowest BCUT2D eigenvalue weighted by atomic mass is 9.89. The number of rotatable bonds is 20. The zero-order chi connectivity index (χ0) is 54.8. The van der Waals surface area contributed by atoms with Crippen molar-refractivity contribution in [3.05, 3.63) is 68.9 Å². The van der Waals surface area contributed by atoms with Crippen molar-refractivity contribution in [1.82, 2.24) is 25.0 Å². The van der Waals surface area contributed by atoms with Gasteiger partial charge >= 0.3 is 24.3 Å². The second-order valence-electron chi connectivity index (χ2n) is 18.2. The van der Waals surface area contributed by atoms with Gasteiger partial charge < -0.3 is 50.0 Å². The summed E-state index contributed by atoms with van der Waals surface area (Å²) in [6.45, 7) is 14.3. The number of phenolic OH excluding ortho intramolecular Hbond substituents is 1. The second kappa shape index (κ2) is 28.3. The van der Waals surface area contributed by atoms with Gasteiger partial charge in [-0.15, -0.1) is 11.3 Å². The first-order valence-corrected chi connectivity index (χ1v) is 25.1. The van der Waals surface area contributed by atoms with Crippen molar-refractivity contribution in [2.24, 2.45) is 0 Å². The monoisotopic (exact) mass is 1080 g/mol. The Kier molecular flexibility index (Phi) is 23.3. The number of nitrogens with zero attached hydrogens (tertiary/aromatic N) is 4. The highest BCUT2D eigenvalue weighted by atomic mass is 32.1. The predicted molar refractivity (Wildman–Crippen MR) is 258 cm³/mol. The van der Waals surface area contributed by atoms with Crippen LogP contribution in [0.1, 0.15) is 104 Å². The number of aliphatic carboxylic acids is 2. The SMILES string of the molecule is CCCC[C@@H](C)N(CCNCCc1ccc(O)c2c1OCC(=O)N2)C(=O)CCOCCc1cccc(CN2CCC3(CC2)CN(C(=O)c2csc(C(C)C)n2)CCO3)c1F.O=C(O)C(F)(F)F.O=C(O)C(F)(F)F. The molecule has 0 radical (unpaired) electrons. The van der Waals surface area contributed by atoms with Crippen LogP contribution in [0.3, 0.4) is 0 Å². The molecule has 0 saturated carbocycles. The third-order valence-electron chi connectivity index (χ3n) is 12.3. The number of benzene rings is 2. The van der Waals surface area contributed by atoms with Gasteiger partial charge in [-0.2, -0.15) is 26.3 Å². The minimum Gasteiger partial charge on any atom is -0.506 e. The normalized spacial score (nSPS) is 15.9. The molecular weight excluding hydrogens is 1010 g/mol. The number of aromatic nitrogens is 1. The highest BCUT2D eigenvalue weighted by molar-refractivity contribution is 7.09. The van der Waals surface area contributed by atoms with E-state index in [1.165, 1.54) is 11.3 Å². The minimum absolute atomic E-state index is 0.0267. The summed E-state index contributed by atoms with van der Waals surface area (Å²) in [5.74, 6) is -5.27. The van der Waals surface area contributed by atoms with Gasteiger partial charge in [0.1, 0.15) is 22.9 Å². The zero-order valence-electron chi connectivity index (χ0n) is 41.7. The van der Waals surface area contributed by atoms with Crippen molar-refractivity contribution < 1.29 is 84.2 Å². The van der Waals surface area contributed by atoms with E-state index in [-0.39, 0.29) is 60.9 Å². The number of carboxylic acid groups (broad SMARTS) is 2. The minimum atomic E-state index is -5.08. The van der Waals surface area contributed by atoms with Gasteiger partial charge in [-0.05, 0) is 62.8 Å². The van der Waals surface area contributed by atoms with Gasteiger partial charge in [0.05, 0.1) is 43.4 Å². The number of likely N-dealkylation sites (tertiary alicyclic amines) is 1. The van der Waals surface area contributed by atoms with Crippen molar-refractivity contribution in [3.8, 4) is 11.5 Å². The maximum absolute atomic E-state index is 15.8. The Labute approximate surface area is 428 Å². The van der Waals surface area contributed by atoms with Crippen molar-refractivity contribution in [2.75, 3.05) is 77.6 Å². The third-order valence-corrected chi connectivity index (χ3v) is 13.5. The molecule has 4 heterocycles. The summed E-state index contributed by atoms with van der Waals surface area (Å²) in [6, 6.07) is 8.98. The number of unbranched alkanes of at least 4 members (excludes halogenated alkanes) is 1. The number of piperidine rings is 1. The first kappa shape index (κ1) is 60.9. The molecule has 3 aliphatic heterocycles. The van der Waals surface area contributed by atoms with Crippen LogP contribution in [0, 0.1) is 5.82 Å². The number of carboxylic acids is 2. The summed E-state index contributed by atoms with van der Waals surface area (Å²) in [4.78, 5) is 66.9. The Morgan fingerprint density at radius 2 is 1.61 bits per heavy atom. The van der Waals surface area contributed by atoms with Gasteiger partial charge in [0.2, 0.25) is 5.91 Å². The molecule has 5 N–H and O–H groups in total. The fraction of sp³-hybridized carbons (Fsp3) is 0.592. The van der Waals surface area contributed by atoms with Gasteiger partial charge in [-0.1, -0.05) is 57.9 Å². The molecule has 74 heavy (non-hydrogen) atoms. The fourth-order valence-corrected chi connectivity index (χ4v) is 9.04. The summed E-state index contributed by atoms with van der Waals surface area (Å²) in [5.41, 5.74) is 2.56. The van der Waals surface area contributed by atoms with Gasteiger partial charge in [0.15, 0.2) is 12.4 Å². The summed E-state index contributed by atoms with van der Waals surface area (Å²) >= 11 is 1.53. The third kappa shape index (κ3) is 18.6. The largest absolute Gasteiger partial charge is 0.506 e. The Morgan fingerprint density at radius 3 is 2.23 bits per heavy atom. The van der Waals surface area contributed by atoms with Crippen LogP contribution in [-0.4, -0.2) is 161 Å². The summed E-state index contributed by atoms with van der Waals surface area (Å²) in [5, 5.41) is 33.3. The Bertz CT molecular complexity index is 2320. The van der Waals surface area contributed by atoms with E-state index in [4.69, 9.17) is 34.0 Å². The van der Waals surface area contributed by atoms with E-state index in [9.17, 15) is 45.8 Å². The van der Waals surface area contributed by atoms with E-state index in [1.54, 1.807) is 18.2 Å². The Hall–Kier alpha value is -5.63. The number of carbonyl (C=O) groups excluding carboxylic acids is 3. The maximum Gasteiger partial charge on any atom is 0.490 e. The smallest absolute Gasteiger partial charge is 0.490 e. The number of aromatic hydroxyl groups is 1. The van der Waals surface area contributed by atoms with Crippen LogP contribution < -0.4 is 15.4 Å². The van der Waals surface area contributed by atoms with Gasteiger partial charge in [0.25, 0.3) is 11.8 Å². The molecule has 3 aliphatic rings. The molecule has 2 saturated heterocycles. The number of morpholine rings is 1. The summed E-state index contributed by atoms with van der Waals surface area (Å²) in [7, 11) is 0. The van der Waals surface area contributed by atoms with E-state index in [0.717, 1.165) is 55.8 Å². The Balaban J connectivity index is 0.000000743. The molecule has 2 aromatic carbocycles. The second-order valence-corrected chi connectivity index (χ2v) is 19.1. The van der Waals surface area contributed by atoms with Crippen LogP contribution in [0.25, 0.3) is 0 Å². The molecule has 1 aromatic heterocycles. The molecule has 1 spiro atoms. The number of carbonyl (C=O) groups is 5. The number of alkyl halides is 6. The van der Waals surface area contributed by atoms with E-state index in [0.29, 0.717) is 93.6 Å². The number of ether oxygens (including phenoxy) is 3. The van der Waals surface area contributed by atoms with Crippen LogP contribution >= 0.6 is 11.3 Å². The van der Waals surface area contributed by atoms with Gasteiger partial charge in [0, 0.05) is 62.2 Å². The average molecular weight is 1080 g/mol. The fourth-order valence-electron chi connectivity index (χ4n) is 8.23. The molecule has 6 rings (SSSR count). The van der Waals surface area contributed by atoms with E-state index < -0.39 is 29.9 Å². The number of hydrogen-bond donors (Lipinski definition) is 5. The highest BCUT2D eigenvalue weighted by Crippen LogP contribution is 2.39. The van der Waals surface area contributed by atoms with Gasteiger partial charge in [-0.3, -0.25) is 19.3 Å². The first-order chi connectivity index (χ1) is 34.8. The van der Waals surface area contributed by atoms with Crippen LogP contribution in [-0.2, 0) is 48.0 Å². The van der Waals surface area contributed by atoms with Crippen LogP contribution in [0.4, 0.5) is 36.4 Å². The first-order valence-electron chi connectivity index (χ1n) is 24.2. The number of anilines is 1. The van der Waals surface area contributed by atoms with Crippen LogP contribution in [0.15, 0.2) is 35.7 Å². The average Bonchev–Trinajstić information content (AvgIpc) is 3.85. The van der Waals surface area contributed by atoms with E-state index in [2.05, 4.69) is 48.2 Å². The van der Waals surface area contributed by atoms with Crippen molar-refractivity contribution >= 4 is 46.7 Å². The summed E-state index contributed by atoms with van der Waals surface area (Å²) < 4.78 is 97.1.